The summed E-state index contributed by atoms with van der Waals surface area (Å²) in [6.45, 7) is 4.39. The van der Waals surface area contributed by atoms with Gasteiger partial charge in [0.2, 0.25) is 0 Å². The minimum absolute atomic E-state index is 0.352. The Labute approximate surface area is 123 Å². The van der Waals surface area contributed by atoms with Gasteiger partial charge >= 0.3 is 0 Å². The number of β-amino-alcohol motifs (C(OH)–C–C–N with tert-alkyl or cyclic N) is 1. The van der Waals surface area contributed by atoms with Gasteiger partial charge in [-0.1, -0.05) is 22.4 Å². The van der Waals surface area contributed by atoms with E-state index >= 15 is 0 Å². The van der Waals surface area contributed by atoms with Crippen LogP contribution in [0.15, 0.2) is 28.7 Å². The van der Waals surface area contributed by atoms with Gasteiger partial charge in [-0.15, -0.1) is 0 Å². The summed E-state index contributed by atoms with van der Waals surface area (Å²) in [7, 11) is 0. The molecule has 1 N–H and O–H groups in total. The number of hydrogen-bond donors (Lipinski definition) is 1. The van der Waals surface area contributed by atoms with Crippen LogP contribution in [0.2, 0.25) is 0 Å². The zero-order valence-corrected chi connectivity index (χ0v) is 13.0. The fraction of sp³-hybridized carbons (Fsp3) is 0.600. The third kappa shape index (κ3) is 4.79. The molecule has 0 aliphatic carbocycles. The van der Waals surface area contributed by atoms with Crippen molar-refractivity contribution in [2.75, 3.05) is 19.7 Å². The Morgan fingerprint density at radius 2 is 2.11 bits per heavy atom. The highest BCUT2D eigenvalue weighted by Gasteiger charge is 2.20. The number of hydrogen-bond acceptors (Lipinski definition) is 3. The number of benzene rings is 1. The van der Waals surface area contributed by atoms with Crippen LogP contribution >= 0.6 is 15.9 Å². The van der Waals surface area contributed by atoms with Crippen molar-refractivity contribution in [1.29, 1.82) is 0 Å². The van der Waals surface area contributed by atoms with Crippen LogP contribution in [-0.2, 0) is 0 Å². The number of piperidine rings is 1. The molecule has 19 heavy (non-hydrogen) atoms. The van der Waals surface area contributed by atoms with E-state index in [9.17, 15) is 5.11 Å². The van der Waals surface area contributed by atoms with E-state index in [1.54, 1.807) is 0 Å². The van der Waals surface area contributed by atoms with Gasteiger partial charge in [-0.3, -0.25) is 4.90 Å². The Hall–Kier alpha value is -0.580. The highest BCUT2D eigenvalue weighted by molar-refractivity contribution is 9.10. The van der Waals surface area contributed by atoms with E-state index in [0.29, 0.717) is 19.2 Å². The lowest BCUT2D eigenvalue weighted by atomic mass is 10.0. The maximum absolute atomic E-state index is 10.1. The molecule has 0 amide bonds. The molecule has 0 aromatic heterocycles. The zero-order chi connectivity index (χ0) is 13.7. The van der Waals surface area contributed by atoms with Crippen LogP contribution in [0, 0.1) is 0 Å². The molecule has 4 heteroatoms. The first-order valence-electron chi connectivity index (χ1n) is 6.95. The summed E-state index contributed by atoms with van der Waals surface area (Å²) in [6, 6.07) is 8.26. The van der Waals surface area contributed by atoms with Crippen molar-refractivity contribution in [2.45, 2.75) is 38.3 Å². The largest absolute Gasteiger partial charge is 0.491 e. The molecule has 1 aliphatic heterocycles. The normalized spacial score (nSPS) is 22.2. The molecule has 2 rings (SSSR count). The number of ether oxygens (including phenoxy) is 1. The van der Waals surface area contributed by atoms with Gasteiger partial charge < -0.3 is 9.84 Å². The maximum Gasteiger partial charge on any atom is 0.119 e. The second-order valence-electron chi connectivity index (χ2n) is 5.26. The molecule has 1 heterocycles. The SMILES string of the molecule is C[C@H]1CCCCN1C[C@H](O)COc1ccc(Br)cc1. The van der Waals surface area contributed by atoms with Crippen molar-refractivity contribution in [1.82, 2.24) is 4.90 Å². The lowest BCUT2D eigenvalue weighted by Crippen LogP contribution is -2.43. The number of aliphatic hydroxyl groups is 1. The number of likely N-dealkylation sites (tertiary alicyclic amines) is 1. The monoisotopic (exact) mass is 327 g/mol. The third-order valence-corrected chi connectivity index (χ3v) is 4.17. The summed E-state index contributed by atoms with van der Waals surface area (Å²) in [4.78, 5) is 2.36. The minimum atomic E-state index is -0.427. The molecule has 0 spiro atoms. The molecule has 3 nitrogen and oxygen atoms in total. The molecule has 0 saturated carbocycles. The molecule has 1 saturated heterocycles. The first kappa shape index (κ1) is 14.8. The van der Waals surface area contributed by atoms with Crippen LogP contribution in [0.3, 0.4) is 0 Å². The Kier molecular flexibility index (Phi) is 5.67. The smallest absolute Gasteiger partial charge is 0.119 e. The molecular formula is C15H22BrNO2. The van der Waals surface area contributed by atoms with Crippen molar-refractivity contribution in [2.24, 2.45) is 0 Å². The van der Waals surface area contributed by atoms with E-state index < -0.39 is 6.10 Å². The molecular weight excluding hydrogens is 306 g/mol. The van der Waals surface area contributed by atoms with Gasteiger partial charge in [0.05, 0.1) is 0 Å². The minimum Gasteiger partial charge on any atom is -0.491 e. The van der Waals surface area contributed by atoms with Crippen LogP contribution in [0.25, 0.3) is 0 Å². The first-order chi connectivity index (χ1) is 9.15. The predicted molar refractivity (Wildman–Crippen MR) is 80.5 cm³/mol. The van der Waals surface area contributed by atoms with Crippen LogP contribution in [0.5, 0.6) is 5.75 Å². The van der Waals surface area contributed by atoms with Gasteiger partial charge in [-0.2, -0.15) is 0 Å². The fourth-order valence-corrected chi connectivity index (χ4v) is 2.74. The lowest BCUT2D eigenvalue weighted by molar-refractivity contribution is 0.0438. The van der Waals surface area contributed by atoms with Gasteiger partial charge in [0.25, 0.3) is 0 Å². The fourth-order valence-electron chi connectivity index (χ4n) is 2.48. The van der Waals surface area contributed by atoms with Gasteiger partial charge in [-0.25, -0.2) is 0 Å². The predicted octanol–water partition coefficient (Wildman–Crippen LogP) is 3.06. The second kappa shape index (κ2) is 7.27. The van der Waals surface area contributed by atoms with Gasteiger partial charge in [-0.05, 0) is 50.6 Å². The van der Waals surface area contributed by atoms with Crippen LogP contribution < -0.4 is 4.74 Å². The molecule has 0 bridgehead atoms. The van der Waals surface area contributed by atoms with Crippen molar-refractivity contribution < 1.29 is 9.84 Å². The molecule has 1 aromatic rings. The van der Waals surface area contributed by atoms with Gasteiger partial charge in [0.15, 0.2) is 0 Å². The summed E-state index contributed by atoms with van der Waals surface area (Å²) in [5, 5.41) is 10.1. The van der Waals surface area contributed by atoms with E-state index in [-0.39, 0.29) is 0 Å². The number of aliphatic hydroxyl groups excluding tert-OH is 1. The van der Waals surface area contributed by atoms with Crippen molar-refractivity contribution in [3.8, 4) is 5.75 Å². The highest BCUT2D eigenvalue weighted by Crippen LogP contribution is 2.18. The quantitative estimate of drug-likeness (QED) is 0.902. The summed E-state index contributed by atoms with van der Waals surface area (Å²) < 4.78 is 6.63. The highest BCUT2D eigenvalue weighted by atomic mass is 79.9. The van der Waals surface area contributed by atoms with E-state index in [1.165, 1.54) is 19.3 Å². The standard InChI is InChI=1S/C15H22BrNO2/c1-12-4-2-3-9-17(12)10-14(18)11-19-15-7-5-13(16)6-8-15/h5-8,12,14,18H,2-4,9-11H2,1H3/t12-,14-/m0/s1. The number of nitrogens with zero attached hydrogens (tertiary/aromatic N) is 1. The van der Waals surface area contributed by atoms with E-state index in [4.69, 9.17) is 4.74 Å². The lowest BCUT2D eigenvalue weighted by Gasteiger charge is -2.34. The van der Waals surface area contributed by atoms with E-state index in [2.05, 4.69) is 27.8 Å². The second-order valence-corrected chi connectivity index (χ2v) is 6.17. The first-order valence-corrected chi connectivity index (χ1v) is 7.75. The molecule has 106 valence electrons. The van der Waals surface area contributed by atoms with E-state index in [1.807, 2.05) is 24.3 Å². The summed E-state index contributed by atoms with van der Waals surface area (Å²) in [6.07, 6.45) is 3.36. The van der Waals surface area contributed by atoms with Crippen LogP contribution in [0.1, 0.15) is 26.2 Å². The Morgan fingerprint density at radius 1 is 1.37 bits per heavy atom. The van der Waals surface area contributed by atoms with E-state index in [0.717, 1.165) is 16.8 Å². The van der Waals surface area contributed by atoms with Crippen molar-refractivity contribution in [3.05, 3.63) is 28.7 Å². The molecule has 1 aromatic carbocycles. The number of halogens is 1. The maximum atomic E-state index is 10.1. The average molecular weight is 328 g/mol. The Bertz CT molecular complexity index is 382. The van der Waals surface area contributed by atoms with Crippen molar-refractivity contribution in [3.63, 3.8) is 0 Å². The summed E-state index contributed by atoms with van der Waals surface area (Å²) in [5.74, 6) is 0.800. The average Bonchev–Trinajstić information content (AvgIpc) is 2.41. The third-order valence-electron chi connectivity index (χ3n) is 3.64. The summed E-state index contributed by atoms with van der Waals surface area (Å²) in [5.41, 5.74) is 0. The molecule has 2 atom stereocenters. The number of rotatable bonds is 5. The van der Waals surface area contributed by atoms with Gasteiger partial charge in [0, 0.05) is 17.1 Å². The van der Waals surface area contributed by atoms with Gasteiger partial charge in [0.1, 0.15) is 18.5 Å². The molecule has 1 aliphatic rings. The molecule has 1 fully saturated rings. The zero-order valence-electron chi connectivity index (χ0n) is 11.4. The topological polar surface area (TPSA) is 32.7 Å². The van der Waals surface area contributed by atoms with Crippen molar-refractivity contribution >= 4 is 15.9 Å². The molecule has 0 radical (unpaired) electrons. The Balaban J connectivity index is 1.74. The van der Waals surface area contributed by atoms with Crippen LogP contribution in [0.4, 0.5) is 0 Å². The van der Waals surface area contributed by atoms with Crippen LogP contribution in [-0.4, -0.2) is 41.8 Å². The Morgan fingerprint density at radius 3 is 2.79 bits per heavy atom. The summed E-state index contributed by atoms with van der Waals surface area (Å²) >= 11 is 3.39. The molecule has 0 unspecified atom stereocenters.